The van der Waals surface area contributed by atoms with E-state index >= 15 is 0 Å². The van der Waals surface area contributed by atoms with Gasteiger partial charge in [0.25, 0.3) is 0 Å². The maximum atomic E-state index is 12.0. The molecule has 0 aliphatic carbocycles. The van der Waals surface area contributed by atoms with Crippen LogP contribution >= 0.6 is 11.3 Å². The van der Waals surface area contributed by atoms with Crippen molar-refractivity contribution in [3.63, 3.8) is 0 Å². The van der Waals surface area contributed by atoms with Crippen LogP contribution in [0, 0.1) is 20.8 Å². The van der Waals surface area contributed by atoms with Crippen molar-refractivity contribution in [2.75, 3.05) is 0 Å². The molecule has 0 fully saturated rings. The van der Waals surface area contributed by atoms with Crippen LogP contribution in [-0.4, -0.2) is 15.6 Å². The second-order valence-electron chi connectivity index (χ2n) is 5.31. The van der Waals surface area contributed by atoms with Gasteiger partial charge in [0.15, 0.2) is 0 Å². The third-order valence-corrected chi connectivity index (χ3v) is 4.25. The van der Waals surface area contributed by atoms with Gasteiger partial charge in [-0.25, -0.2) is 0 Å². The molecule has 1 aromatic carbocycles. The average Bonchev–Trinajstić information content (AvgIpc) is 2.70. The number of benzene rings is 1. The molecular formula is C16H19NO3S. The molecule has 1 heterocycles. The highest BCUT2D eigenvalue weighted by atomic mass is 32.1. The molecule has 0 saturated heterocycles. The van der Waals surface area contributed by atoms with Gasteiger partial charge >= 0.3 is 10.8 Å². The first kappa shape index (κ1) is 15.5. The van der Waals surface area contributed by atoms with Crippen molar-refractivity contribution in [1.29, 1.82) is 0 Å². The quantitative estimate of drug-likeness (QED) is 0.921. The van der Waals surface area contributed by atoms with Crippen molar-refractivity contribution in [1.82, 2.24) is 4.57 Å². The van der Waals surface area contributed by atoms with Gasteiger partial charge in [0.2, 0.25) is 0 Å². The normalized spacial score (nSPS) is 10.8. The van der Waals surface area contributed by atoms with Crippen LogP contribution in [0.1, 0.15) is 29.5 Å². The number of aryl methyl sites for hydroxylation is 3. The number of aromatic nitrogens is 1. The fraction of sp³-hybridized carbons (Fsp3) is 0.375. The molecule has 112 valence electrons. The number of aliphatic carboxylic acids is 1. The van der Waals surface area contributed by atoms with Crippen LogP contribution < -0.4 is 4.87 Å². The number of carbonyl (C=O) groups is 1. The first-order valence-electron chi connectivity index (χ1n) is 6.88. The SMILES string of the molecule is Cc1cc(C)c(-c2csc(=O)n2CCCC(=O)O)c(C)c1. The van der Waals surface area contributed by atoms with Crippen LogP contribution in [0.25, 0.3) is 11.3 Å². The molecule has 0 amide bonds. The average molecular weight is 305 g/mol. The Bertz CT molecular complexity index is 704. The van der Waals surface area contributed by atoms with Crippen molar-refractivity contribution in [3.8, 4) is 11.3 Å². The molecule has 0 atom stereocenters. The van der Waals surface area contributed by atoms with E-state index in [-0.39, 0.29) is 11.3 Å². The van der Waals surface area contributed by atoms with Gasteiger partial charge in [0.1, 0.15) is 0 Å². The molecule has 0 radical (unpaired) electrons. The number of thiazole rings is 1. The van der Waals surface area contributed by atoms with Crippen molar-refractivity contribution < 1.29 is 9.90 Å². The van der Waals surface area contributed by atoms with Gasteiger partial charge in [-0.2, -0.15) is 0 Å². The van der Waals surface area contributed by atoms with Crippen LogP contribution in [0.5, 0.6) is 0 Å². The van der Waals surface area contributed by atoms with E-state index in [1.165, 1.54) is 16.9 Å². The molecule has 2 rings (SSSR count). The Morgan fingerprint density at radius 1 is 1.24 bits per heavy atom. The van der Waals surface area contributed by atoms with Gasteiger partial charge in [-0.15, -0.1) is 0 Å². The summed E-state index contributed by atoms with van der Waals surface area (Å²) in [6.07, 6.45) is 0.538. The number of carboxylic acid groups (broad SMARTS) is 1. The van der Waals surface area contributed by atoms with Gasteiger partial charge in [-0.05, 0) is 38.3 Å². The van der Waals surface area contributed by atoms with E-state index in [4.69, 9.17) is 5.11 Å². The summed E-state index contributed by atoms with van der Waals surface area (Å²) in [5, 5.41) is 10.6. The minimum atomic E-state index is -0.831. The highest BCUT2D eigenvalue weighted by molar-refractivity contribution is 7.07. The largest absolute Gasteiger partial charge is 0.481 e. The first-order chi connectivity index (χ1) is 9.90. The Hall–Kier alpha value is -1.88. The monoisotopic (exact) mass is 305 g/mol. The summed E-state index contributed by atoms with van der Waals surface area (Å²) in [7, 11) is 0. The summed E-state index contributed by atoms with van der Waals surface area (Å²) in [5.74, 6) is -0.831. The van der Waals surface area contributed by atoms with Crippen LogP contribution in [0.2, 0.25) is 0 Å². The van der Waals surface area contributed by atoms with Crippen molar-refractivity contribution in [2.24, 2.45) is 0 Å². The molecule has 0 aliphatic heterocycles. The molecule has 1 aromatic heterocycles. The molecular weight excluding hydrogens is 286 g/mol. The van der Waals surface area contributed by atoms with Gasteiger partial charge in [0.05, 0.1) is 5.69 Å². The minimum absolute atomic E-state index is 0.0326. The Morgan fingerprint density at radius 2 is 1.86 bits per heavy atom. The minimum Gasteiger partial charge on any atom is -0.481 e. The van der Waals surface area contributed by atoms with Crippen LogP contribution in [-0.2, 0) is 11.3 Å². The van der Waals surface area contributed by atoms with E-state index in [0.717, 1.165) is 22.4 Å². The van der Waals surface area contributed by atoms with Crippen LogP contribution in [0.4, 0.5) is 0 Å². The van der Waals surface area contributed by atoms with Gasteiger partial charge in [0, 0.05) is 23.9 Å². The highest BCUT2D eigenvalue weighted by Crippen LogP contribution is 2.29. The fourth-order valence-electron chi connectivity index (χ4n) is 2.71. The topological polar surface area (TPSA) is 59.3 Å². The molecule has 2 aromatic rings. The zero-order chi connectivity index (χ0) is 15.6. The summed E-state index contributed by atoms with van der Waals surface area (Å²) in [4.78, 5) is 22.6. The number of carboxylic acids is 1. The van der Waals surface area contributed by atoms with Crippen molar-refractivity contribution >= 4 is 17.3 Å². The van der Waals surface area contributed by atoms with E-state index in [9.17, 15) is 9.59 Å². The molecule has 0 aliphatic rings. The molecule has 0 saturated carbocycles. The Balaban J connectivity index is 2.42. The smallest absolute Gasteiger partial charge is 0.307 e. The lowest BCUT2D eigenvalue weighted by Crippen LogP contribution is -2.15. The van der Waals surface area contributed by atoms with Crippen LogP contribution in [0.3, 0.4) is 0 Å². The predicted molar refractivity (Wildman–Crippen MR) is 85.1 cm³/mol. The van der Waals surface area contributed by atoms with Crippen molar-refractivity contribution in [2.45, 2.75) is 40.2 Å². The summed E-state index contributed by atoms with van der Waals surface area (Å²) < 4.78 is 1.69. The summed E-state index contributed by atoms with van der Waals surface area (Å²) in [5.41, 5.74) is 5.44. The Morgan fingerprint density at radius 3 is 2.43 bits per heavy atom. The Kier molecular flexibility index (Phi) is 4.63. The highest BCUT2D eigenvalue weighted by Gasteiger charge is 2.14. The Labute approximate surface area is 127 Å². The third-order valence-electron chi connectivity index (χ3n) is 3.49. The maximum absolute atomic E-state index is 12.0. The second-order valence-corrected chi connectivity index (χ2v) is 6.13. The van der Waals surface area contributed by atoms with Gasteiger partial charge in [-0.3, -0.25) is 14.2 Å². The van der Waals surface area contributed by atoms with Crippen LogP contribution in [0.15, 0.2) is 22.3 Å². The molecule has 0 bridgehead atoms. The van der Waals surface area contributed by atoms with E-state index in [0.29, 0.717) is 13.0 Å². The third kappa shape index (κ3) is 3.42. The molecule has 1 N–H and O–H groups in total. The van der Waals surface area contributed by atoms with E-state index in [1.807, 2.05) is 19.2 Å². The summed E-state index contributed by atoms with van der Waals surface area (Å²) in [6, 6.07) is 4.21. The van der Waals surface area contributed by atoms with Crippen molar-refractivity contribution in [3.05, 3.63) is 43.9 Å². The summed E-state index contributed by atoms with van der Waals surface area (Å²) >= 11 is 1.17. The molecule has 0 spiro atoms. The van der Waals surface area contributed by atoms with E-state index in [2.05, 4.69) is 19.1 Å². The molecule has 21 heavy (non-hydrogen) atoms. The standard InChI is InChI=1S/C16H19NO3S/c1-10-7-11(2)15(12(3)8-10)13-9-21-16(20)17(13)6-4-5-14(18)19/h7-9H,4-6H2,1-3H3,(H,18,19). The van der Waals surface area contributed by atoms with Gasteiger partial charge in [-0.1, -0.05) is 29.0 Å². The summed E-state index contributed by atoms with van der Waals surface area (Å²) in [6.45, 7) is 6.58. The zero-order valence-electron chi connectivity index (χ0n) is 12.5. The number of hydrogen-bond donors (Lipinski definition) is 1. The fourth-order valence-corrected chi connectivity index (χ4v) is 3.48. The number of rotatable bonds is 5. The number of nitrogens with zero attached hydrogens (tertiary/aromatic N) is 1. The predicted octanol–water partition coefficient (Wildman–Crippen LogP) is 3.37. The lowest BCUT2D eigenvalue weighted by Gasteiger charge is -2.13. The first-order valence-corrected chi connectivity index (χ1v) is 7.76. The maximum Gasteiger partial charge on any atom is 0.307 e. The lowest BCUT2D eigenvalue weighted by molar-refractivity contribution is -0.137. The van der Waals surface area contributed by atoms with E-state index in [1.54, 1.807) is 4.57 Å². The molecule has 5 heteroatoms. The van der Waals surface area contributed by atoms with Gasteiger partial charge < -0.3 is 5.11 Å². The molecule has 0 unspecified atom stereocenters. The second kappa shape index (κ2) is 6.26. The zero-order valence-corrected chi connectivity index (χ0v) is 13.3. The lowest BCUT2D eigenvalue weighted by atomic mass is 9.98. The molecule has 4 nitrogen and oxygen atoms in total. The van der Waals surface area contributed by atoms with E-state index < -0.39 is 5.97 Å². The number of hydrogen-bond acceptors (Lipinski definition) is 3.